The van der Waals surface area contributed by atoms with E-state index >= 15 is 0 Å². The summed E-state index contributed by atoms with van der Waals surface area (Å²) >= 11 is 0. The van der Waals surface area contributed by atoms with E-state index in [-0.39, 0.29) is 22.2 Å². The summed E-state index contributed by atoms with van der Waals surface area (Å²) in [6.45, 7) is 13.1. The van der Waals surface area contributed by atoms with Crippen LogP contribution in [0.2, 0.25) is 0 Å². The first kappa shape index (κ1) is 22.7. The predicted octanol–water partition coefficient (Wildman–Crippen LogP) is 4.05. The molecule has 1 rings (SSSR count). The van der Waals surface area contributed by atoms with E-state index in [0.717, 1.165) is 16.7 Å². The molecule has 1 amide bonds. The highest BCUT2D eigenvalue weighted by Crippen LogP contribution is 2.40. The van der Waals surface area contributed by atoms with Gasteiger partial charge in [-0.2, -0.15) is 5.26 Å². The van der Waals surface area contributed by atoms with Gasteiger partial charge in [-0.05, 0) is 41.0 Å². The Kier molecular flexibility index (Phi) is 7.62. The standard InChI is InChI=1S/C22H32N2O3/c1-21(2,3)17-12-15(13-18(19(17)25)22(4,5)6)11-16(14-23)20(26)24-9-8-10-27-7/h11-13,25H,8-10H2,1-7H3,(H,24,26)/b16-11+. The van der Waals surface area contributed by atoms with Gasteiger partial charge in [0.15, 0.2) is 0 Å². The zero-order valence-corrected chi connectivity index (χ0v) is 17.6. The minimum Gasteiger partial charge on any atom is -0.507 e. The maximum Gasteiger partial charge on any atom is 0.261 e. The van der Waals surface area contributed by atoms with E-state index < -0.39 is 5.91 Å². The molecule has 0 radical (unpaired) electrons. The SMILES string of the molecule is COCCCNC(=O)/C(C#N)=C/c1cc(C(C)(C)C)c(O)c(C(C)(C)C)c1. The largest absolute Gasteiger partial charge is 0.507 e. The molecule has 5 nitrogen and oxygen atoms in total. The average Bonchev–Trinajstić information content (AvgIpc) is 2.55. The normalized spacial score (nSPS) is 12.6. The Hall–Kier alpha value is -2.32. The van der Waals surface area contributed by atoms with Gasteiger partial charge in [-0.15, -0.1) is 0 Å². The highest BCUT2D eigenvalue weighted by atomic mass is 16.5. The van der Waals surface area contributed by atoms with Crippen molar-refractivity contribution >= 4 is 12.0 Å². The molecule has 0 aliphatic rings. The van der Waals surface area contributed by atoms with Gasteiger partial charge < -0.3 is 15.2 Å². The summed E-state index contributed by atoms with van der Waals surface area (Å²) in [6, 6.07) is 5.67. The topological polar surface area (TPSA) is 82.3 Å². The molecule has 5 heteroatoms. The van der Waals surface area contributed by atoms with Crippen molar-refractivity contribution in [1.29, 1.82) is 5.26 Å². The van der Waals surface area contributed by atoms with Crippen LogP contribution in [0.4, 0.5) is 0 Å². The van der Waals surface area contributed by atoms with Gasteiger partial charge in [-0.25, -0.2) is 0 Å². The van der Waals surface area contributed by atoms with Gasteiger partial charge in [-0.3, -0.25) is 4.79 Å². The lowest BCUT2D eigenvalue weighted by Crippen LogP contribution is -2.26. The van der Waals surface area contributed by atoms with Crippen LogP contribution in [0, 0.1) is 11.3 Å². The molecule has 0 aliphatic carbocycles. The zero-order chi connectivity index (χ0) is 20.8. The monoisotopic (exact) mass is 372 g/mol. The highest BCUT2D eigenvalue weighted by Gasteiger charge is 2.26. The second kappa shape index (κ2) is 9.05. The van der Waals surface area contributed by atoms with Crippen molar-refractivity contribution < 1.29 is 14.6 Å². The minimum atomic E-state index is -0.406. The molecule has 2 N–H and O–H groups in total. The molecule has 0 heterocycles. The van der Waals surface area contributed by atoms with E-state index in [2.05, 4.69) is 5.32 Å². The van der Waals surface area contributed by atoms with Crippen molar-refractivity contribution in [2.75, 3.05) is 20.3 Å². The van der Waals surface area contributed by atoms with Gasteiger partial charge >= 0.3 is 0 Å². The first-order valence-electron chi connectivity index (χ1n) is 9.18. The molecule has 0 unspecified atom stereocenters. The average molecular weight is 373 g/mol. The maximum atomic E-state index is 12.3. The molecular weight excluding hydrogens is 340 g/mol. The number of aromatic hydroxyl groups is 1. The van der Waals surface area contributed by atoms with Gasteiger partial charge in [0.25, 0.3) is 5.91 Å². The number of benzene rings is 1. The van der Waals surface area contributed by atoms with E-state index in [1.807, 2.05) is 59.7 Å². The third-order valence-corrected chi connectivity index (χ3v) is 4.24. The summed E-state index contributed by atoms with van der Waals surface area (Å²) in [5, 5.41) is 22.9. The van der Waals surface area contributed by atoms with Crippen LogP contribution in [0.15, 0.2) is 17.7 Å². The lowest BCUT2D eigenvalue weighted by atomic mass is 9.78. The van der Waals surface area contributed by atoms with Gasteiger partial charge in [0.1, 0.15) is 17.4 Å². The van der Waals surface area contributed by atoms with Gasteiger partial charge in [-0.1, -0.05) is 41.5 Å². The second-order valence-electron chi connectivity index (χ2n) is 8.74. The number of methoxy groups -OCH3 is 1. The number of rotatable bonds is 6. The number of nitrogens with zero attached hydrogens (tertiary/aromatic N) is 1. The Labute approximate surface area is 163 Å². The molecule has 0 atom stereocenters. The first-order chi connectivity index (χ1) is 12.4. The smallest absolute Gasteiger partial charge is 0.261 e. The molecule has 0 bridgehead atoms. The van der Waals surface area contributed by atoms with E-state index in [0.29, 0.717) is 19.6 Å². The number of carbonyl (C=O) groups excluding carboxylic acids is 1. The summed E-state index contributed by atoms with van der Waals surface area (Å²) in [6.07, 6.45) is 2.26. The Morgan fingerprint density at radius 1 is 1.19 bits per heavy atom. The Morgan fingerprint density at radius 3 is 2.11 bits per heavy atom. The molecule has 0 spiro atoms. The molecular formula is C22H32N2O3. The predicted molar refractivity (Wildman–Crippen MR) is 109 cm³/mol. The number of hydrogen-bond donors (Lipinski definition) is 2. The first-order valence-corrected chi connectivity index (χ1v) is 9.18. The molecule has 0 aromatic heterocycles. The number of phenolic OH excluding ortho intramolecular Hbond substituents is 1. The van der Waals surface area contributed by atoms with Gasteiger partial charge in [0, 0.05) is 31.4 Å². The molecule has 0 saturated carbocycles. The van der Waals surface area contributed by atoms with E-state index in [9.17, 15) is 15.2 Å². The molecule has 0 saturated heterocycles. The zero-order valence-electron chi connectivity index (χ0n) is 17.6. The number of nitriles is 1. The molecule has 27 heavy (non-hydrogen) atoms. The van der Waals surface area contributed by atoms with Crippen LogP contribution in [0.25, 0.3) is 6.08 Å². The molecule has 1 aromatic rings. The molecule has 148 valence electrons. The van der Waals surface area contributed by atoms with E-state index in [4.69, 9.17) is 4.74 Å². The van der Waals surface area contributed by atoms with Crippen molar-refractivity contribution in [1.82, 2.24) is 5.32 Å². The fraction of sp³-hybridized carbons (Fsp3) is 0.545. The number of phenols is 1. The number of carbonyl (C=O) groups is 1. The summed E-state index contributed by atoms with van der Waals surface area (Å²) < 4.78 is 4.95. The van der Waals surface area contributed by atoms with Gasteiger partial charge in [0.2, 0.25) is 0 Å². The van der Waals surface area contributed by atoms with Crippen molar-refractivity contribution in [2.24, 2.45) is 0 Å². The van der Waals surface area contributed by atoms with Crippen LogP contribution in [0.5, 0.6) is 5.75 Å². The van der Waals surface area contributed by atoms with Crippen molar-refractivity contribution in [3.8, 4) is 11.8 Å². The third kappa shape index (κ3) is 6.41. The molecule has 0 fully saturated rings. The Bertz CT molecular complexity index is 709. The quantitative estimate of drug-likeness (QED) is 0.448. The fourth-order valence-corrected chi connectivity index (χ4v) is 2.71. The van der Waals surface area contributed by atoms with Crippen LogP contribution in [-0.2, 0) is 20.4 Å². The lowest BCUT2D eigenvalue weighted by molar-refractivity contribution is -0.117. The summed E-state index contributed by atoms with van der Waals surface area (Å²) in [5.41, 5.74) is 1.80. The lowest BCUT2D eigenvalue weighted by Gasteiger charge is -2.28. The summed E-state index contributed by atoms with van der Waals surface area (Å²) in [5.74, 6) is -0.133. The third-order valence-electron chi connectivity index (χ3n) is 4.24. The number of amides is 1. The van der Waals surface area contributed by atoms with Crippen molar-refractivity contribution in [3.05, 3.63) is 34.4 Å². The number of nitrogens with one attached hydrogen (secondary N) is 1. The Morgan fingerprint density at radius 2 is 1.70 bits per heavy atom. The highest BCUT2D eigenvalue weighted by molar-refractivity contribution is 6.01. The minimum absolute atomic E-state index is 0.0397. The second-order valence-corrected chi connectivity index (χ2v) is 8.74. The molecule has 0 aliphatic heterocycles. The van der Waals surface area contributed by atoms with Gasteiger partial charge in [0.05, 0.1) is 0 Å². The van der Waals surface area contributed by atoms with Crippen molar-refractivity contribution in [3.63, 3.8) is 0 Å². The summed E-state index contributed by atoms with van der Waals surface area (Å²) in [4.78, 5) is 12.3. The number of ether oxygens (including phenoxy) is 1. The fourth-order valence-electron chi connectivity index (χ4n) is 2.71. The summed E-state index contributed by atoms with van der Waals surface area (Å²) in [7, 11) is 1.60. The Balaban J connectivity index is 3.33. The van der Waals surface area contributed by atoms with Crippen LogP contribution < -0.4 is 5.32 Å². The number of hydrogen-bond acceptors (Lipinski definition) is 4. The van der Waals surface area contributed by atoms with Crippen molar-refractivity contribution in [2.45, 2.75) is 58.8 Å². The van der Waals surface area contributed by atoms with Crippen LogP contribution in [0.3, 0.4) is 0 Å². The molecule has 1 aromatic carbocycles. The van der Waals surface area contributed by atoms with Crippen LogP contribution in [-0.4, -0.2) is 31.3 Å². The van der Waals surface area contributed by atoms with E-state index in [1.54, 1.807) is 13.2 Å². The van der Waals surface area contributed by atoms with Crippen LogP contribution in [0.1, 0.15) is 64.7 Å². The van der Waals surface area contributed by atoms with Crippen LogP contribution >= 0.6 is 0 Å². The van der Waals surface area contributed by atoms with E-state index in [1.165, 1.54) is 0 Å². The maximum absolute atomic E-state index is 12.3.